The molecule has 0 radical (unpaired) electrons. The molecule has 2 N–H and O–H groups in total. The molecule has 1 aromatic heterocycles. The van der Waals surface area contributed by atoms with Crippen molar-refractivity contribution in [2.45, 2.75) is 44.6 Å². The molecule has 1 aliphatic rings. The fourth-order valence-electron chi connectivity index (χ4n) is 2.28. The number of piperidine rings is 1. The molecule has 2 heterocycles. The molecule has 17 heavy (non-hydrogen) atoms. The first-order valence-corrected chi connectivity index (χ1v) is 6.62. The van der Waals surface area contributed by atoms with Gasteiger partial charge in [-0.05, 0) is 38.6 Å². The van der Waals surface area contributed by atoms with Crippen LogP contribution in [0.5, 0.6) is 0 Å². The van der Waals surface area contributed by atoms with Gasteiger partial charge in [-0.15, -0.1) is 5.10 Å². The smallest absolute Gasteiger partial charge is 0.0870 e. The van der Waals surface area contributed by atoms with Crippen molar-refractivity contribution in [1.29, 1.82) is 0 Å². The van der Waals surface area contributed by atoms with Gasteiger partial charge in [-0.3, -0.25) is 4.68 Å². The number of nitrogens with zero attached hydrogens (tertiary/aromatic N) is 3. The van der Waals surface area contributed by atoms with Crippen LogP contribution in [0.1, 0.15) is 43.7 Å². The minimum Gasteiger partial charge on any atom is -0.396 e. The van der Waals surface area contributed by atoms with Crippen LogP contribution >= 0.6 is 0 Å². The maximum absolute atomic E-state index is 8.70. The van der Waals surface area contributed by atoms with E-state index in [0.29, 0.717) is 5.92 Å². The number of nitrogens with one attached hydrogen (secondary N) is 1. The molecule has 1 aromatic rings. The van der Waals surface area contributed by atoms with E-state index in [1.54, 1.807) is 0 Å². The average molecular weight is 238 g/mol. The van der Waals surface area contributed by atoms with Crippen molar-refractivity contribution in [3.05, 3.63) is 11.9 Å². The van der Waals surface area contributed by atoms with Crippen LogP contribution in [0, 0.1) is 0 Å². The number of hydrogen-bond donors (Lipinski definition) is 2. The van der Waals surface area contributed by atoms with Gasteiger partial charge < -0.3 is 10.4 Å². The van der Waals surface area contributed by atoms with Crippen molar-refractivity contribution in [1.82, 2.24) is 20.3 Å². The maximum atomic E-state index is 8.70. The first-order valence-electron chi connectivity index (χ1n) is 6.62. The van der Waals surface area contributed by atoms with Gasteiger partial charge in [0.15, 0.2) is 0 Å². The third-order valence-electron chi connectivity index (χ3n) is 3.32. The molecule has 0 amide bonds. The summed E-state index contributed by atoms with van der Waals surface area (Å²) in [6.45, 7) is 3.36. The molecule has 1 saturated heterocycles. The topological polar surface area (TPSA) is 63.0 Å². The van der Waals surface area contributed by atoms with Crippen LogP contribution in [0.3, 0.4) is 0 Å². The number of aliphatic hydroxyl groups is 1. The Bertz CT molecular complexity index is 320. The summed E-state index contributed by atoms with van der Waals surface area (Å²) in [6, 6.07) is 0. The van der Waals surface area contributed by atoms with Gasteiger partial charge in [0, 0.05) is 31.8 Å². The molecule has 2 rings (SSSR count). The van der Waals surface area contributed by atoms with Gasteiger partial charge in [0.1, 0.15) is 0 Å². The van der Waals surface area contributed by atoms with Gasteiger partial charge in [0.05, 0.1) is 5.69 Å². The Hall–Kier alpha value is -0.940. The second-order valence-electron chi connectivity index (χ2n) is 4.73. The second-order valence-corrected chi connectivity index (χ2v) is 4.73. The highest BCUT2D eigenvalue weighted by molar-refractivity contribution is 5.04. The highest BCUT2D eigenvalue weighted by Gasteiger charge is 2.17. The van der Waals surface area contributed by atoms with Gasteiger partial charge in [0.2, 0.25) is 0 Å². The first-order chi connectivity index (χ1) is 8.40. The van der Waals surface area contributed by atoms with Crippen LogP contribution in [-0.2, 0) is 6.54 Å². The summed E-state index contributed by atoms with van der Waals surface area (Å²) in [5.41, 5.74) is 1.12. The SMILES string of the molecule is OCCCCCn1cc([C@H]2CCCNC2)nn1. The van der Waals surface area contributed by atoms with Gasteiger partial charge in [-0.2, -0.15) is 0 Å². The molecule has 0 aliphatic carbocycles. The summed E-state index contributed by atoms with van der Waals surface area (Å²) in [4.78, 5) is 0. The van der Waals surface area contributed by atoms with E-state index in [1.807, 2.05) is 4.68 Å². The van der Waals surface area contributed by atoms with E-state index in [9.17, 15) is 0 Å². The van der Waals surface area contributed by atoms with E-state index in [-0.39, 0.29) is 6.61 Å². The third-order valence-corrected chi connectivity index (χ3v) is 3.32. The minimum absolute atomic E-state index is 0.288. The van der Waals surface area contributed by atoms with E-state index in [4.69, 9.17) is 5.11 Å². The number of hydrogen-bond acceptors (Lipinski definition) is 4. The molecular weight excluding hydrogens is 216 g/mol. The highest BCUT2D eigenvalue weighted by Crippen LogP contribution is 2.20. The van der Waals surface area contributed by atoms with Crippen LogP contribution in [0.15, 0.2) is 6.20 Å². The Balaban J connectivity index is 1.78. The second kappa shape index (κ2) is 6.71. The summed E-state index contributed by atoms with van der Waals surface area (Å²) in [7, 11) is 0. The van der Waals surface area contributed by atoms with Crippen molar-refractivity contribution in [3.8, 4) is 0 Å². The van der Waals surface area contributed by atoms with Crippen LogP contribution in [0.4, 0.5) is 0 Å². The lowest BCUT2D eigenvalue weighted by molar-refractivity contribution is 0.281. The van der Waals surface area contributed by atoms with Crippen molar-refractivity contribution in [2.75, 3.05) is 19.7 Å². The zero-order valence-electron chi connectivity index (χ0n) is 10.3. The fourth-order valence-corrected chi connectivity index (χ4v) is 2.28. The number of aryl methyl sites for hydroxylation is 1. The summed E-state index contributed by atoms with van der Waals surface area (Å²) in [5, 5.41) is 20.5. The standard InChI is InChI=1S/C12H22N4O/c17-8-3-1-2-7-16-10-12(14-15-16)11-5-4-6-13-9-11/h10-11,13,17H,1-9H2/t11-/m0/s1. The molecule has 0 aromatic carbocycles. The van der Waals surface area contributed by atoms with Crippen molar-refractivity contribution < 1.29 is 5.11 Å². The van der Waals surface area contributed by atoms with Gasteiger partial charge in [-0.25, -0.2) is 0 Å². The fraction of sp³-hybridized carbons (Fsp3) is 0.833. The van der Waals surface area contributed by atoms with Gasteiger partial charge in [-0.1, -0.05) is 5.21 Å². The van der Waals surface area contributed by atoms with Crippen molar-refractivity contribution >= 4 is 0 Å². The highest BCUT2D eigenvalue weighted by atomic mass is 16.2. The molecule has 0 spiro atoms. The Kier molecular flexibility index (Phi) is 4.94. The zero-order chi connectivity index (χ0) is 11.9. The maximum Gasteiger partial charge on any atom is 0.0870 e. The van der Waals surface area contributed by atoms with Crippen molar-refractivity contribution in [2.24, 2.45) is 0 Å². The lowest BCUT2D eigenvalue weighted by Crippen LogP contribution is -2.28. The quantitative estimate of drug-likeness (QED) is 0.723. The molecule has 0 unspecified atom stereocenters. The predicted octanol–water partition coefficient (Wildman–Crippen LogP) is 0.908. The normalized spacial score (nSPS) is 20.6. The Morgan fingerprint density at radius 2 is 2.35 bits per heavy atom. The molecule has 5 nitrogen and oxygen atoms in total. The summed E-state index contributed by atoms with van der Waals surface area (Å²) in [5.74, 6) is 0.537. The number of aliphatic hydroxyl groups excluding tert-OH is 1. The van der Waals surface area contributed by atoms with Gasteiger partial charge >= 0.3 is 0 Å². The average Bonchev–Trinajstić information content (AvgIpc) is 2.85. The van der Waals surface area contributed by atoms with Crippen LogP contribution in [0.25, 0.3) is 0 Å². The molecular formula is C12H22N4O. The van der Waals surface area contributed by atoms with Crippen molar-refractivity contribution in [3.63, 3.8) is 0 Å². The summed E-state index contributed by atoms with van der Waals surface area (Å²) < 4.78 is 1.93. The predicted molar refractivity (Wildman–Crippen MR) is 65.8 cm³/mol. The van der Waals surface area contributed by atoms with Crippen LogP contribution in [-0.4, -0.2) is 39.8 Å². The van der Waals surface area contributed by atoms with E-state index >= 15 is 0 Å². The Labute approximate surface area is 102 Å². The summed E-state index contributed by atoms with van der Waals surface area (Å²) >= 11 is 0. The molecule has 5 heteroatoms. The van der Waals surface area contributed by atoms with Crippen LogP contribution < -0.4 is 5.32 Å². The Morgan fingerprint density at radius 3 is 3.12 bits per heavy atom. The Morgan fingerprint density at radius 1 is 1.41 bits per heavy atom. The largest absolute Gasteiger partial charge is 0.396 e. The molecule has 1 aliphatic heterocycles. The zero-order valence-corrected chi connectivity index (χ0v) is 10.3. The monoisotopic (exact) mass is 238 g/mol. The summed E-state index contributed by atoms with van der Waals surface area (Å²) in [6.07, 6.45) is 7.53. The number of aromatic nitrogens is 3. The molecule has 0 bridgehead atoms. The molecule has 1 fully saturated rings. The van der Waals surface area contributed by atoms with E-state index in [1.165, 1.54) is 12.8 Å². The van der Waals surface area contributed by atoms with E-state index in [0.717, 1.165) is 44.6 Å². The van der Waals surface area contributed by atoms with E-state index < -0.39 is 0 Å². The molecule has 1 atom stereocenters. The first kappa shape index (κ1) is 12.5. The molecule has 96 valence electrons. The van der Waals surface area contributed by atoms with E-state index in [2.05, 4.69) is 21.8 Å². The number of unbranched alkanes of at least 4 members (excludes halogenated alkanes) is 2. The number of rotatable bonds is 6. The third kappa shape index (κ3) is 3.78. The molecule has 0 saturated carbocycles. The van der Waals surface area contributed by atoms with Crippen LogP contribution in [0.2, 0.25) is 0 Å². The lowest BCUT2D eigenvalue weighted by Gasteiger charge is -2.20. The lowest BCUT2D eigenvalue weighted by atomic mass is 9.97. The van der Waals surface area contributed by atoms with Gasteiger partial charge in [0.25, 0.3) is 0 Å². The minimum atomic E-state index is 0.288.